The van der Waals surface area contributed by atoms with E-state index in [4.69, 9.17) is 9.47 Å². The zero-order valence-electron chi connectivity index (χ0n) is 30.2. The average Bonchev–Trinajstić information content (AvgIpc) is 3.64. The minimum Gasteiger partial charge on any atom is -0.423 e. The topological polar surface area (TPSA) is 127 Å². The van der Waals surface area contributed by atoms with Crippen LogP contribution in [0, 0.1) is 0 Å². The first-order chi connectivity index (χ1) is 27.1. The summed E-state index contributed by atoms with van der Waals surface area (Å²) in [5.74, 6) is -2.46. The number of rotatable bonds is 9. The van der Waals surface area contributed by atoms with Crippen LogP contribution in [0.25, 0.3) is 0 Å². The summed E-state index contributed by atoms with van der Waals surface area (Å²) in [5.41, 5.74) is 3.62. The Labute approximate surface area is 321 Å². The molecule has 0 aliphatic carbocycles. The van der Waals surface area contributed by atoms with Gasteiger partial charge in [0.05, 0.1) is 44.8 Å². The van der Waals surface area contributed by atoms with Crippen molar-refractivity contribution in [2.24, 2.45) is 0 Å². The first-order valence-corrected chi connectivity index (χ1v) is 17.9. The maximum absolute atomic E-state index is 13.2. The Morgan fingerprint density at radius 1 is 0.482 bits per heavy atom. The highest BCUT2D eigenvalue weighted by molar-refractivity contribution is 6.35. The summed E-state index contributed by atoms with van der Waals surface area (Å²) in [4.78, 5) is 80.4. The highest BCUT2D eigenvalue weighted by atomic mass is 16.5. The molecule has 0 aromatic heterocycles. The van der Waals surface area contributed by atoms with E-state index in [0.717, 1.165) is 27.3 Å². The molecule has 0 bridgehead atoms. The highest BCUT2D eigenvalue weighted by Gasteiger charge is 2.38. The van der Waals surface area contributed by atoms with Gasteiger partial charge in [0, 0.05) is 5.41 Å². The zero-order chi connectivity index (χ0) is 39.1. The Morgan fingerprint density at radius 3 is 1.14 bits per heavy atom. The number of carbonyl (C=O) groups excluding carboxylic acids is 6. The molecule has 2 aliphatic rings. The molecular formula is C46H32N2O8. The molecule has 10 heteroatoms. The maximum atomic E-state index is 13.2. The van der Waals surface area contributed by atoms with Crippen LogP contribution in [0.3, 0.4) is 0 Å². The molecule has 2 aliphatic heterocycles. The molecule has 6 aromatic rings. The van der Waals surface area contributed by atoms with E-state index < -0.39 is 41.0 Å². The average molecular weight is 741 g/mol. The van der Waals surface area contributed by atoms with E-state index in [1.807, 2.05) is 24.3 Å². The van der Waals surface area contributed by atoms with Gasteiger partial charge in [-0.05, 0) is 102 Å². The molecule has 0 saturated carbocycles. The monoisotopic (exact) mass is 740 g/mol. The maximum Gasteiger partial charge on any atom is 0.343 e. The predicted molar refractivity (Wildman–Crippen MR) is 208 cm³/mol. The molecule has 4 amide bonds. The van der Waals surface area contributed by atoms with Crippen LogP contribution in [0.4, 0.5) is 11.4 Å². The molecule has 2 heterocycles. The number of imide groups is 2. The Kier molecular flexibility index (Phi) is 8.94. The van der Waals surface area contributed by atoms with Crippen LogP contribution in [0.1, 0.15) is 93.5 Å². The zero-order valence-corrected chi connectivity index (χ0v) is 30.2. The second kappa shape index (κ2) is 14.1. The quantitative estimate of drug-likeness (QED) is 0.0821. The second-order valence-electron chi connectivity index (χ2n) is 13.6. The standard InChI is InChI=1S/C46H32N2O8/c1-3-46(2,30-18-22-34(23-19-30)55-44(53)28-10-8-12-32(26-28)47-40(49)36-14-4-5-15-37(36)41(47)50)31-20-24-35(25-21-31)56-45(54)29-11-9-13-33(27-29)48-42(51)38-16-6-7-17-39(38)43(48)52/h4-27H,3H2,1-2H3. The number of fused-ring (bicyclic) bond motifs is 2. The van der Waals surface area contributed by atoms with Crippen molar-refractivity contribution in [2.45, 2.75) is 25.7 Å². The summed E-state index contributed by atoms with van der Waals surface area (Å²) >= 11 is 0. The molecule has 0 saturated heterocycles. The van der Waals surface area contributed by atoms with Crippen molar-refractivity contribution in [3.05, 3.63) is 190 Å². The number of benzene rings is 6. The van der Waals surface area contributed by atoms with Crippen molar-refractivity contribution >= 4 is 46.9 Å². The van der Waals surface area contributed by atoms with Gasteiger partial charge in [-0.1, -0.05) is 74.5 Å². The van der Waals surface area contributed by atoms with Crippen LogP contribution in [0.5, 0.6) is 11.5 Å². The van der Waals surface area contributed by atoms with Crippen LogP contribution in [-0.2, 0) is 5.41 Å². The van der Waals surface area contributed by atoms with Crippen molar-refractivity contribution in [3.8, 4) is 11.5 Å². The summed E-state index contributed by atoms with van der Waals surface area (Å²) in [6, 6.07) is 40.0. The predicted octanol–water partition coefficient (Wildman–Crippen LogP) is 8.44. The molecule has 10 nitrogen and oxygen atoms in total. The molecule has 8 rings (SSSR count). The fourth-order valence-electron chi connectivity index (χ4n) is 7.08. The van der Waals surface area contributed by atoms with Crippen LogP contribution < -0.4 is 19.3 Å². The molecule has 56 heavy (non-hydrogen) atoms. The van der Waals surface area contributed by atoms with E-state index in [2.05, 4.69) is 13.8 Å². The molecule has 6 aromatic carbocycles. The summed E-state index contributed by atoms with van der Waals surface area (Å²) in [5, 5.41) is 0. The Balaban J connectivity index is 0.928. The highest BCUT2D eigenvalue weighted by Crippen LogP contribution is 2.37. The number of amides is 4. The van der Waals surface area contributed by atoms with Crippen molar-refractivity contribution in [3.63, 3.8) is 0 Å². The number of hydrogen-bond donors (Lipinski definition) is 0. The SMILES string of the molecule is CCC(C)(c1ccc(OC(=O)c2cccc(N3C(=O)c4ccccc4C3=O)c2)cc1)c1ccc(OC(=O)c2cccc(N3C(=O)c4ccccc4C3=O)c2)cc1. The Morgan fingerprint density at radius 2 is 0.821 bits per heavy atom. The molecule has 0 atom stereocenters. The largest absolute Gasteiger partial charge is 0.423 e. The van der Waals surface area contributed by atoms with E-state index in [1.165, 1.54) is 12.1 Å². The second-order valence-corrected chi connectivity index (χ2v) is 13.6. The van der Waals surface area contributed by atoms with Crippen LogP contribution in [0.2, 0.25) is 0 Å². The van der Waals surface area contributed by atoms with Crippen molar-refractivity contribution in [1.82, 2.24) is 0 Å². The third kappa shape index (κ3) is 6.12. The van der Waals surface area contributed by atoms with Gasteiger partial charge in [0.15, 0.2) is 0 Å². The van der Waals surface area contributed by atoms with Crippen molar-refractivity contribution in [2.75, 3.05) is 9.80 Å². The summed E-state index contributed by atoms with van der Waals surface area (Å²) in [6.07, 6.45) is 0.723. The molecule has 274 valence electrons. The number of ether oxygens (including phenoxy) is 2. The van der Waals surface area contributed by atoms with Crippen molar-refractivity contribution < 1.29 is 38.2 Å². The normalized spacial score (nSPS) is 13.5. The lowest BCUT2D eigenvalue weighted by Crippen LogP contribution is -2.29. The van der Waals surface area contributed by atoms with E-state index >= 15 is 0 Å². The molecular weight excluding hydrogens is 709 g/mol. The number of carbonyl (C=O) groups is 6. The van der Waals surface area contributed by atoms with Gasteiger partial charge < -0.3 is 9.47 Å². The van der Waals surface area contributed by atoms with E-state index in [0.29, 0.717) is 33.8 Å². The molecule has 0 radical (unpaired) electrons. The third-order valence-corrected chi connectivity index (χ3v) is 10.4. The van der Waals surface area contributed by atoms with Crippen LogP contribution >= 0.6 is 0 Å². The first kappa shape index (κ1) is 35.6. The van der Waals surface area contributed by atoms with Gasteiger partial charge >= 0.3 is 11.9 Å². The Hall–Kier alpha value is -7.46. The van der Waals surface area contributed by atoms with Gasteiger partial charge in [-0.2, -0.15) is 0 Å². The fourth-order valence-corrected chi connectivity index (χ4v) is 7.08. The lowest BCUT2D eigenvalue weighted by Gasteiger charge is -2.30. The van der Waals surface area contributed by atoms with Gasteiger partial charge in [-0.15, -0.1) is 0 Å². The van der Waals surface area contributed by atoms with Gasteiger partial charge in [-0.25, -0.2) is 19.4 Å². The van der Waals surface area contributed by atoms with E-state index in [1.54, 1.807) is 109 Å². The Bertz CT molecular complexity index is 2370. The molecule has 0 N–H and O–H groups in total. The van der Waals surface area contributed by atoms with Crippen LogP contribution in [-0.4, -0.2) is 35.6 Å². The first-order valence-electron chi connectivity index (χ1n) is 17.9. The van der Waals surface area contributed by atoms with Gasteiger partial charge in [0.2, 0.25) is 0 Å². The summed E-state index contributed by atoms with van der Waals surface area (Å²) in [6.45, 7) is 4.15. The summed E-state index contributed by atoms with van der Waals surface area (Å²) in [7, 11) is 0. The third-order valence-electron chi connectivity index (χ3n) is 10.4. The molecule has 0 fully saturated rings. The number of nitrogens with zero attached hydrogens (tertiary/aromatic N) is 2. The number of hydrogen-bond acceptors (Lipinski definition) is 8. The fraction of sp³-hybridized carbons (Fsp3) is 0.0870. The lowest BCUT2D eigenvalue weighted by molar-refractivity contribution is 0.0725. The molecule has 0 spiro atoms. The van der Waals surface area contributed by atoms with Crippen molar-refractivity contribution in [1.29, 1.82) is 0 Å². The van der Waals surface area contributed by atoms with Gasteiger partial charge in [-0.3, -0.25) is 19.2 Å². The van der Waals surface area contributed by atoms with E-state index in [-0.39, 0.29) is 22.5 Å². The number of anilines is 2. The number of esters is 2. The smallest absolute Gasteiger partial charge is 0.343 e. The summed E-state index contributed by atoms with van der Waals surface area (Å²) < 4.78 is 11.4. The van der Waals surface area contributed by atoms with Gasteiger partial charge in [0.25, 0.3) is 23.6 Å². The minimum absolute atomic E-state index is 0.179. The van der Waals surface area contributed by atoms with Gasteiger partial charge in [0.1, 0.15) is 11.5 Å². The van der Waals surface area contributed by atoms with E-state index in [9.17, 15) is 28.8 Å². The van der Waals surface area contributed by atoms with Crippen LogP contribution in [0.15, 0.2) is 146 Å². The minimum atomic E-state index is -0.644. The molecule has 0 unspecified atom stereocenters. The lowest BCUT2D eigenvalue weighted by atomic mass is 9.74.